The van der Waals surface area contributed by atoms with Crippen molar-refractivity contribution in [3.8, 4) is 0 Å². The third-order valence-electron chi connectivity index (χ3n) is 1.89. The summed E-state index contributed by atoms with van der Waals surface area (Å²) in [6.45, 7) is 7.25. The van der Waals surface area contributed by atoms with Gasteiger partial charge in [0.1, 0.15) is 5.60 Å². The number of nitrogens with one attached hydrogen (secondary N) is 2. The van der Waals surface area contributed by atoms with Gasteiger partial charge in [0.25, 0.3) is 0 Å². The molecule has 0 aromatic rings. The van der Waals surface area contributed by atoms with Crippen LogP contribution in [0.4, 0.5) is 4.79 Å². The lowest BCUT2D eigenvalue weighted by Crippen LogP contribution is -2.46. The fraction of sp³-hybridized carbons (Fsp3) is 0.900. The van der Waals surface area contributed by atoms with Crippen molar-refractivity contribution in [1.82, 2.24) is 10.6 Å². The van der Waals surface area contributed by atoms with E-state index in [2.05, 4.69) is 10.6 Å². The molecule has 1 atom stereocenters. The Hall–Kier alpha value is -0.420. The Bertz CT molecular complexity index is 210. The smallest absolute Gasteiger partial charge is 0.407 e. The summed E-state index contributed by atoms with van der Waals surface area (Å²) in [5, 5.41) is 6.12. The normalized spacial score (nSPS) is 22.2. The highest BCUT2D eigenvalue weighted by molar-refractivity contribution is 7.99. The quantitative estimate of drug-likeness (QED) is 0.751. The molecule has 1 heterocycles. The van der Waals surface area contributed by atoms with E-state index in [4.69, 9.17) is 4.74 Å². The van der Waals surface area contributed by atoms with Gasteiger partial charge in [0, 0.05) is 30.6 Å². The maximum absolute atomic E-state index is 11.3. The molecule has 0 aromatic carbocycles. The molecule has 1 aliphatic heterocycles. The standard InChI is InChI=1S/C10H20N2O2S/c1-10(2,3)14-9(13)12-6-8-7-15-5-4-11-8/h8,11H,4-7H2,1-3H3,(H,12,13)/t8-/m1/s1. The van der Waals surface area contributed by atoms with Gasteiger partial charge in [0.2, 0.25) is 0 Å². The number of amides is 1. The van der Waals surface area contributed by atoms with Gasteiger partial charge < -0.3 is 15.4 Å². The van der Waals surface area contributed by atoms with Crippen molar-refractivity contribution >= 4 is 17.9 Å². The molecule has 0 aromatic heterocycles. The van der Waals surface area contributed by atoms with E-state index < -0.39 is 5.60 Å². The second-order valence-corrected chi connectivity index (χ2v) is 5.76. The molecule has 15 heavy (non-hydrogen) atoms. The maximum Gasteiger partial charge on any atom is 0.407 e. The van der Waals surface area contributed by atoms with E-state index in [9.17, 15) is 4.79 Å². The Morgan fingerprint density at radius 3 is 2.87 bits per heavy atom. The molecule has 0 spiro atoms. The average molecular weight is 232 g/mol. The lowest BCUT2D eigenvalue weighted by atomic mass is 10.2. The number of ether oxygens (including phenoxy) is 1. The lowest BCUT2D eigenvalue weighted by molar-refractivity contribution is 0.0523. The van der Waals surface area contributed by atoms with Crippen LogP contribution in [0, 0.1) is 0 Å². The van der Waals surface area contributed by atoms with Crippen LogP contribution in [0.15, 0.2) is 0 Å². The number of alkyl carbamates (subject to hydrolysis) is 1. The molecule has 1 fully saturated rings. The van der Waals surface area contributed by atoms with Crippen LogP contribution >= 0.6 is 11.8 Å². The molecule has 4 nitrogen and oxygen atoms in total. The molecule has 2 N–H and O–H groups in total. The fourth-order valence-electron chi connectivity index (χ4n) is 1.27. The fourth-order valence-corrected chi connectivity index (χ4v) is 2.22. The SMILES string of the molecule is CC(C)(C)OC(=O)NC[C@@H]1CSCCN1. The monoisotopic (exact) mass is 232 g/mol. The van der Waals surface area contributed by atoms with Crippen molar-refractivity contribution in [2.24, 2.45) is 0 Å². The molecule has 1 saturated heterocycles. The first-order valence-corrected chi connectivity index (χ1v) is 6.41. The van der Waals surface area contributed by atoms with Gasteiger partial charge in [-0.2, -0.15) is 11.8 Å². The summed E-state index contributed by atoms with van der Waals surface area (Å²) in [5.74, 6) is 2.21. The van der Waals surface area contributed by atoms with Crippen LogP contribution in [0.2, 0.25) is 0 Å². The minimum atomic E-state index is -0.418. The van der Waals surface area contributed by atoms with E-state index in [1.165, 1.54) is 0 Å². The van der Waals surface area contributed by atoms with Crippen LogP contribution in [-0.2, 0) is 4.74 Å². The topological polar surface area (TPSA) is 50.4 Å². The third-order valence-corrected chi connectivity index (χ3v) is 3.02. The first kappa shape index (κ1) is 12.6. The van der Waals surface area contributed by atoms with Crippen LogP contribution in [-0.4, -0.2) is 42.3 Å². The summed E-state index contributed by atoms with van der Waals surface area (Å²) >= 11 is 1.91. The zero-order chi connectivity index (χ0) is 11.3. The molecule has 0 unspecified atom stereocenters. The second kappa shape index (κ2) is 5.61. The number of hydrogen-bond acceptors (Lipinski definition) is 4. The first-order valence-electron chi connectivity index (χ1n) is 5.25. The van der Waals surface area contributed by atoms with Crippen LogP contribution in [0.5, 0.6) is 0 Å². The van der Waals surface area contributed by atoms with Crippen molar-refractivity contribution in [2.75, 3.05) is 24.6 Å². The molecule has 0 aliphatic carbocycles. The Morgan fingerprint density at radius 2 is 2.33 bits per heavy atom. The van der Waals surface area contributed by atoms with E-state index in [1.807, 2.05) is 32.5 Å². The van der Waals surface area contributed by atoms with Gasteiger partial charge >= 0.3 is 6.09 Å². The van der Waals surface area contributed by atoms with Gasteiger partial charge in [0.05, 0.1) is 0 Å². The number of hydrogen-bond donors (Lipinski definition) is 2. The third kappa shape index (κ3) is 5.89. The molecule has 1 amide bonds. The molecule has 0 saturated carbocycles. The van der Waals surface area contributed by atoms with Crippen LogP contribution in [0.25, 0.3) is 0 Å². The van der Waals surface area contributed by atoms with Gasteiger partial charge in [-0.15, -0.1) is 0 Å². The van der Waals surface area contributed by atoms with Crippen molar-refractivity contribution in [3.05, 3.63) is 0 Å². The van der Waals surface area contributed by atoms with Crippen molar-refractivity contribution in [1.29, 1.82) is 0 Å². The number of carbonyl (C=O) groups excluding carboxylic acids is 1. The van der Waals surface area contributed by atoms with E-state index >= 15 is 0 Å². The van der Waals surface area contributed by atoms with Crippen molar-refractivity contribution in [3.63, 3.8) is 0 Å². The largest absolute Gasteiger partial charge is 0.444 e. The molecule has 0 bridgehead atoms. The zero-order valence-electron chi connectivity index (χ0n) is 9.63. The Kier molecular flexibility index (Phi) is 4.73. The van der Waals surface area contributed by atoms with E-state index in [0.29, 0.717) is 12.6 Å². The summed E-state index contributed by atoms with van der Waals surface area (Å²) < 4.78 is 5.14. The Balaban J connectivity index is 2.15. The van der Waals surface area contributed by atoms with E-state index in [0.717, 1.165) is 18.1 Å². The maximum atomic E-state index is 11.3. The van der Waals surface area contributed by atoms with Gasteiger partial charge in [0.15, 0.2) is 0 Å². The predicted molar refractivity (Wildman–Crippen MR) is 63.4 cm³/mol. The predicted octanol–water partition coefficient (Wildman–Crippen LogP) is 1.22. The Labute approximate surface area is 95.5 Å². The molecule has 88 valence electrons. The van der Waals surface area contributed by atoms with Gasteiger partial charge in [-0.1, -0.05) is 0 Å². The summed E-state index contributed by atoms with van der Waals surface area (Å²) in [6, 6.07) is 0.372. The summed E-state index contributed by atoms with van der Waals surface area (Å²) in [5.41, 5.74) is -0.418. The van der Waals surface area contributed by atoms with E-state index in [1.54, 1.807) is 0 Å². The zero-order valence-corrected chi connectivity index (χ0v) is 10.4. The highest BCUT2D eigenvalue weighted by Crippen LogP contribution is 2.08. The molecular formula is C10H20N2O2S. The minimum absolute atomic E-state index is 0.333. The summed E-state index contributed by atoms with van der Waals surface area (Å²) in [6.07, 6.45) is -0.333. The number of rotatable bonds is 2. The lowest BCUT2D eigenvalue weighted by Gasteiger charge is -2.24. The highest BCUT2D eigenvalue weighted by atomic mass is 32.2. The van der Waals surface area contributed by atoms with Gasteiger partial charge in [-0.3, -0.25) is 0 Å². The van der Waals surface area contributed by atoms with Crippen LogP contribution in [0.3, 0.4) is 0 Å². The number of thioether (sulfide) groups is 1. The van der Waals surface area contributed by atoms with Crippen LogP contribution in [0.1, 0.15) is 20.8 Å². The Morgan fingerprint density at radius 1 is 1.60 bits per heavy atom. The van der Waals surface area contributed by atoms with Gasteiger partial charge in [-0.25, -0.2) is 4.79 Å². The molecular weight excluding hydrogens is 212 g/mol. The highest BCUT2D eigenvalue weighted by Gasteiger charge is 2.18. The summed E-state index contributed by atoms with van der Waals surface area (Å²) in [4.78, 5) is 11.3. The molecule has 0 radical (unpaired) electrons. The van der Waals surface area contributed by atoms with Crippen molar-refractivity contribution in [2.45, 2.75) is 32.4 Å². The first-order chi connectivity index (χ1) is 6.97. The van der Waals surface area contributed by atoms with E-state index in [-0.39, 0.29) is 6.09 Å². The second-order valence-electron chi connectivity index (χ2n) is 4.61. The van der Waals surface area contributed by atoms with Gasteiger partial charge in [-0.05, 0) is 20.8 Å². The van der Waals surface area contributed by atoms with Crippen LogP contribution < -0.4 is 10.6 Å². The molecule has 1 rings (SSSR count). The molecule has 1 aliphatic rings. The average Bonchev–Trinajstić information content (AvgIpc) is 2.14. The van der Waals surface area contributed by atoms with Crippen molar-refractivity contribution < 1.29 is 9.53 Å². The summed E-state index contributed by atoms with van der Waals surface area (Å²) in [7, 11) is 0. The molecule has 5 heteroatoms. The minimum Gasteiger partial charge on any atom is -0.444 e. The number of carbonyl (C=O) groups is 1.